The molecular weight excluding hydrogens is 348 g/mol. The summed E-state index contributed by atoms with van der Waals surface area (Å²) in [5.41, 5.74) is 1.86. The lowest BCUT2D eigenvalue weighted by atomic mass is 10.2. The first-order valence-electron chi connectivity index (χ1n) is 6.92. The fourth-order valence-electron chi connectivity index (χ4n) is 2.04. The first-order chi connectivity index (χ1) is 10.8. The number of rotatable bonds is 6. The molecule has 2 aromatic heterocycles. The van der Waals surface area contributed by atoms with E-state index in [-0.39, 0.29) is 0 Å². The van der Waals surface area contributed by atoms with Gasteiger partial charge in [0, 0.05) is 18.1 Å². The van der Waals surface area contributed by atoms with Crippen LogP contribution in [0.25, 0.3) is 11.5 Å². The summed E-state index contributed by atoms with van der Waals surface area (Å²) >= 11 is 3.30. The lowest BCUT2D eigenvalue weighted by Gasteiger charge is -1.99. The second kappa shape index (κ2) is 6.79. The largest absolute Gasteiger partial charge is 0.475 e. The Balaban J connectivity index is 1.62. The predicted octanol–water partition coefficient (Wildman–Crippen LogP) is 4.15. The Bertz CT molecular complexity index is 737. The Morgan fingerprint density at radius 3 is 2.77 bits per heavy atom. The van der Waals surface area contributed by atoms with E-state index in [1.807, 2.05) is 37.3 Å². The van der Waals surface area contributed by atoms with Gasteiger partial charge >= 0.3 is 0 Å². The van der Waals surface area contributed by atoms with E-state index in [0.29, 0.717) is 30.1 Å². The highest BCUT2D eigenvalue weighted by Crippen LogP contribution is 2.22. The average molecular weight is 363 g/mol. The van der Waals surface area contributed by atoms with Gasteiger partial charge in [-0.05, 0) is 24.2 Å². The second-order valence-corrected chi connectivity index (χ2v) is 5.31. The van der Waals surface area contributed by atoms with Crippen molar-refractivity contribution >= 4 is 15.9 Å². The summed E-state index contributed by atoms with van der Waals surface area (Å²) < 4.78 is 16.3. The van der Waals surface area contributed by atoms with Gasteiger partial charge in [0.1, 0.15) is 5.76 Å². The normalized spacial score (nSPS) is 10.8. The molecular formula is C16H15BrN2O3. The predicted molar refractivity (Wildman–Crippen MR) is 85.0 cm³/mol. The maximum absolute atomic E-state index is 5.72. The van der Waals surface area contributed by atoms with E-state index in [9.17, 15) is 0 Å². The zero-order chi connectivity index (χ0) is 15.4. The van der Waals surface area contributed by atoms with Crippen molar-refractivity contribution in [2.45, 2.75) is 18.7 Å². The summed E-state index contributed by atoms with van der Waals surface area (Å²) in [6, 6.07) is 11.6. The van der Waals surface area contributed by atoms with Crippen LogP contribution in [0.5, 0.6) is 5.88 Å². The highest BCUT2D eigenvalue weighted by Gasteiger charge is 2.11. The van der Waals surface area contributed by atoms with Crippen LogP contribution in [0.4, 0.5) is 0 Å². The third-order valence-electron chi connectivity index (χ3n) is 3.17. The van der Waals surface area contributed by atoms with Crippen LogP contribution in [0, 0.1) is 6.92 Å². The molecule has 0 N–H and O–H groups in total. The number of benzene rings is 1. The fourth-order valence-corrected chi connectivity index (χ4v) is 2.31. The molecule has 3 aromatic rings. The number of hydrogen-bond donors (Lipinski definition) is 0. The van der Waals surface area contributed by atoms with Crippen LogP contribution >= 0.6 is 15.9 Å². The lowest BCUT2D eigenvalue weighted by molar-refractivity contribution is 0.278. The molecule has 0 aliphatic rings. The molecule has 0 atom stereocenters. The van der Waals surface area contributed by atoms with Gasteiger partial charge < -0.3 is 13.7 Å². The number of halogens is 1. The molecule has 0 radical (unpaired) electrons. The van der Waals surface area contributed by atoms with E-state index in [2.05, 4.69) is 26.1 Å². The monoisotopic (exact) mass is 362 g/mol. The standard InChI is InChI=1S/C16H15BrN2O3/c1-11-14(7-8-20-15-9-13(10-17)22-19-15)18-16(21-11)12-5-3-2-4-6-12/h2-6,9H,7-8,10H2,1H3. The van der Waals surface area contributed by atoms with Crippen LogP contribution in [-0.2, 0) is 11.8 Å². The Kier molecular flexibility index (Phi) is 4.58. The lowest BCUT2D eigenvalue weighted by Crippen LogP contribution is -2.02. The average Bonchev–Trinajstić information content (AvgIpc) is 3.15. The van der Waals surface area contributed by atoms with Crippen molar-refractivity contribution < 1.29 is 13.7 Å². The highest BCUT2D eigenvalue weighted by atomic mass is 79.9. The molecule has 0 spiro atoms. The number of oxazole rings is 1. The summed E-state index contributed by atoms with van der Waals surface area (Å²) in [5.74, 6) is 2.66. The maximum Gasteiger partial charge on any atom is 0.254 e. The van der Waals surface area contributed by atoms with Gasteiger partial charge in [-0.15, -0.1) is 0 Å². The van der Waals surface area contributed by atoms with Gasteiger partial charge in [0.25, 0.3) is 5.88 Å². The van der Waals surface area contributed by atoms with Crippen LogP contribution < -0.4 is 4.74 Å². The van der Waals surface area contributed by atoms with E-state index >= 15 is 0 Å². The minimum atomic E-state index is 0.468. The summed E-state index contributed by atoms with van der Waals surface area (Å²) in [5, 5.41) is 4.44. The molecule has 0 fully saturated rings. The molecule has 114 valence electrons. The molecule has 3 rings (SSSR count). The van der Waals surface area contributed by atoms with Crippen molar-refractivity contribution in [3.63, 3.8) is 0 Å². The third-order valence-corrected chi connectivity index (χ3v) is 3.72. The Labute approximate surface area is 136 Å². The van der Waals surface area contributed by atoms with Crippen molar-refractivity contribution in [1.29, 1.82) is 0 Å². The van der Waals surface area contributed by atoms with Crippen molar-refractivity contribution in [2.24, 2.45) is 0 Å². The number of alkyl halides is 1. The first-order valence-corrected chi connectivity index (χ1v) is 8.04. The van der Waals surface area contributed by atoms with Crippen LogP contribution in [0.2, 0.25) is 0 Å². The molecule has 0 unspecified atom stereocenters. The topological polar surface area (TPSA) is 61.3 Å². The van der Waals surface area contributed by atoms with E-state index in [0.717, 1.165) is 22.8 Å². The molecule has 0 bridgehead atoms. The van der Waals surface area contributed by atoms with Crippen molar-refractivity contribution in [3.8, 4) is 17.3 Å². The molecule has 0 saturated carbocycles. The van der Waals surface area contributed by atoms with Crippen LogP contribution in [-0.4, -0.2) is 16.7 Å². The highest BCUT2D eigenvalue weighted by molar-refractivity contribution is 9.08. The second-order valence-electron chi connectivity index (χ2n) is 4.75. The number of nitrogens with zero attached hydrogens (tertiary/aromatic N) is 2. The molecule has 22 heavy (non-hydrogen) atoms. The number of aromatic nitrogens is 2. The Hall–Kier alpha value is -2.08. The minimum absolute atomic E-state index is 0.468. The first kappa shape index (κ1) is 14.8. The molecule has 5 nitrogen and oxygen atoms in total. The van der Waals surface area contributed by atoms with Crippen molar-refractivity contribution in [3.05, 3.63) is 53.6 Å². The van der Waals surface area contributed by atoms with E-state index < -0.39 is 0 Å². The number of aryl methyl sites for hydroxylation is 1. The molecule has 2 heterocycles. The third kappa shape index (κ3) is 3.39. The van der Waals surface area contributed by atoms with Gasteiger partial charge in [-0.1, -0.05) is 34.1 Å². The molecule has 0 aliphatic carbocycles. The molecule has 0 saturated heterocycles. The van der Waals surface area contributed by atoms with Gasteiger partial charge in [-0.25, -0.2) is 4.98 Å². The zero-order valence-corrected chi connectivity index (χ0v) is 13.7. The Morgan fingerprint density at radius 2 is 2.05 bits per heavy atom. The van der Waals surface area contributed by atoms with Gasteiger partial charge in [0.2, 0.25) is 5.89 Å². The van der Waals surface area contributed by atoms with Crippen LogP contribution in [0.3, 0.4) is 0 Å². The van der Waals surface area contributed by atoms with E-state index in [1.165, 1.54) is 0 Å². The quantitative estimate of drug-likeness (QED) is 0.616. The summed E-state index contributed by atoms with van der Waals surface area (Å²) in [4.78, 5) is 4.53. The zero-order valence-electron chi connectivity index (χ0n) is 12.1. The molecule has 0 aliphatic heterocycles. The SMILES string of the molecule is Cc1oc(-c2ccccc2)nc1CCOc1cc(CBr)on1. The Morgan fingerprint density at radius 1 is 1.23 bits per heavy atom. The van der Waals surface area contributed by atoms with E-state index in [1.54, 1.807) is 6.07 Å². The fraction of sp³-hybridized carbons (Fsp3) is 0.250. The van der Waals surface area contributed by atoms with Gasteiger partial charge in [-0.2, -0.15) is 0 Å². The smallest absolute Gasteiger partial charge is 0.254 e. The minimum Gasteiger partial charge on any atom is -0.475 e. The maximum atomic E-state index is 5.72. The van der Waals surface area contributed by atoms with Crippen molar-refractivity contribution in [2.75, 3.05) is 6.61 Å². The number of hydrogen-bond acceptors (Lipinski definition) is 5. The van der Waals surface area contributed by atoms with Gasteiger partial charge in [-0.3, -0.25) is 0 Å². The summed E-state index contributed by atoms with van der Waals surface area (Å²) in [7, 11) is 0. The van der Waals surface area contributed by atoms with Gasteiger partial charge in [0.05, 0.1) is 17.6 Å². The van der Waals surface area contributed by atoms with Crippen LogP contribution in [0.1, 0.15) is 17.2 Å². The van der Waals surface area contributed by atoms with Gasteiger partial charge in [0.15, 0.2) is 5.76 Å². The van der Waals surface area contributed by atoms with Crippen molar-refractivity contribution in [1.82, 2.24) is 10.1 Å². The molecule has 1 aromatic carbocycles. The number of ether oxygens (including phenoxy) is 1. The molecule has 6 heteroatoms. The van der Waals surface area contributed by atoms with E-state index in [4.69, 9.17) is 13.7 Å². The molecule has 0 amide bonds. The summed E-state index contributed by atoms with van der Waals surface area (Å²) in [6.45, 7) is 2.38. The summed E-state index contributed by atoms with van der Waals surface area (Å²) in [6.07, 6.45) is 0.651. The van der Waals surface area contributed by atoms with Crippen LogP contribution in [0.15, 0.2) is 45.3 Å².